The van der Waals surface area contributed by atoms with Gasteiger partial charge in [0.15, 0.2) is 18.2 Å². The van der Waals surface area contributed by atoms with Crippen molar-refractivity contribution in [2.24, 2.45) is 0 Å². The molecule has 1 aromatic carbocycles. The van der Waals surface area contributed by atoms with Crippen LogP contribution in [-0.2, 0) is 4.79 Å². The van der Waals surface area contributed by atoms with Gasteiger partial charge in [-0.2, -0.15) is 5.26 Å². The third kappa shape index (κ3) is 3.74. The molecule has 0 atom stereocenters. The first-order valence-corrected chi connectivity index (χ1v) is 5.55. The molecule has 5 heteroatoms. The predicted octanol–water partition coefficient (Wildman–Crippen LogP) is 1.88. The summed E-state index contributed by atoms with van der Waals surface area (Å²) in [7, 11) is 1.58. The summed E-state index contributed by atoms with van der Waals surface area (Å²) in [4.78, 5) is 13.0. The van der Waals surface area contributed by atoms with Crippen LogP contribution in [0.1, 0.15) is 12.0 Å². The van der Waals surface area contributed by atoms with Gasteiger partial charge in [0.2, 0.25) is 0 Å². The van der Waals surface area contributed by atoms with Crippen LogP contribution in [0.5, 0.6) is 5.75 Å². The molecule has 18 heavy (non-hydrogen) atoms. The topological polar surface area (TPSA) is 53.3 Å². The second-order valence-electron chi connectivity index (χ2n) is 3.90. The summed E-state index contributed by atoms with van der Waals surface area (Å²) < 4.78 is 18.7. The molecule has 0 aromatic heterocycles. The number of benzene rings is 1. The third-order valence-corrected chi connectivity index (χ3v) is 2.49. The predicted molar refractivity (Wildman–Crippen MR) is 64.5 cm³/mol. The molecule has 1 aromatic rings. The first-order valence-electron chi connectivity index (χ1n) is 5.55. The van der Waals surface area contributed by atoms with E-state index in [4.69, 9.17) is 10.00 Å². The number of nitriles is 1. The standard InChI is InChI=1S/C13H15FN2O2/c1-10-5-3-6-11(13(10)14)18-9-12(17)16(2)8-4-7-15/h3,5-6H,4,8-9H2,1-2H3. The molecule has 0 heterocycles. The summed E-state index contributed by atoms with van der Waals surface area (Å²) in [5.41, 5.74) is 0.470. The van der Waals surface area contributed by atoms with Gasteiger partial charge in [-0.25, -0.2) is 4.39 Å². The first-order chi connectivity index (χ1) is 8.56. The van der Waals surface area contributed by atoms with Gasteiger partial charge in [0, 0.05) is 13.6 Å². The molecule has 0 radical (unpaired) electrons. The number of hydrogen-bond acceptors (Lipinski definition) is 3. The van der Waals surface area contributed by atoms with Crippen LogP contribution in [0.3, 0.4) is 0 Å². The Morgan fingerprint density at radius 2 is 2.28 bits per heavy atom. The van der Waals surface area contributed by atoms with Crippen molar-refractivity contribution in [1.29, 1.82) is 5.26 Å². The van der Waals surface area contributed by atoms with Crippen LogP contribution >= 0.6 is 0 Å². The second-order valence-corrected chi connectivity index (χ2v) is 3.90. The fraction of sp³-hybridized carbons (Fsp3) is 0.385. The Kier molecular flexibility index (Phi) is 5.12. The molecule has 0 aliphatic carbocycles. The van der Waals surface area contributed by atoms with Crippen LogP contribution in [-0.4, -0.2) is 31.0 Å². The molecular weight excluding hydrogens is 235 g/mol. The Hall–Kier alpha value is -2.09. The highest BCUT2D eigenvalue weighted by Crippen LogP contribution is 2.19. The van der Waals surface area contributed by atoms with Gasteiger partial charge in [0.25, 0.3) is 5.91 Å². The zero-order valence-corrected chi connectivity index (χ0v) is 10.4. The number of rotatable bonds is 5. The van der Waals surface area contributed by atoms with E-state index >= 15 is 0 Å². The number of hydrogen-bond donors (Lipinski definition) is 0. The quantitative estimate of drug-likeness (QED) is 0.801. The van der Waals surface area contributed by atoms with E-state index in [0.717, 1.165) is 0 Å². The normalized spacial score (nSPS) is 9.67. The van der Waals surface area contributed by atoms with Crippen molar-refractivity contribution in [3.05, 3.63) is 29.6 Å². The van der Waals surface area contributed by atoms with Crippen molar-refractivity contribution in [3.63, 3.8) is 0 Å². The molecule has 0 fully saturated rings. The Bertz CT molecular complexity index is 469. The zero-order valence-electron chi connectivity index (χ0n) is 10.4. The maximum absolute atomic E-state index is 13.6. The first kappa shape index (κ1) is 14.0. The van der Waals surface area contributed by atoms with E-state index in [9.17, 15) is 9.18 Å². The zero-order chi connectivity index (χ0) is 13.5. The van der Waals surface area contributed by atoms with Gasteiger partial charge in [0.05, 0.1) is 12.5 Å². The highest BCUT2D eigenvalue weighted by Gasteiger charge is 2.11. The molecular formula is C13H15FN2O2. The number of halogens is 1. The van der Waals surface area contributed by atoms with E-state index in [1.807, 2.05) is 6.07 Å². The van der Waals surface area contributed by atoms with E-state index in [0.29, 0.717) is 12.1 Å². The van der Waals surface area contributed by atoms with Crippen LogP contribution in [0.4, 0.5) is 4.39 Å². The van der Waals surface area contributed by atoms with Crippen molar-refractivity contribution in [2.75, 3.05) is 20.2 Å². The van der Waals surface area contributed by atoms with Gasteiger partial charge < -0.3 is 9.64 Å². The molecule has 0 bridgehead atoms. The van der Waals surface area contributed by atoms with E-state index in [1.165, 1.54) is 11.0 Å². The average Bonchev–Trinajstić information content (AvgIpc) is 2.37. The molecule has 0 aliphatic rings. The molecule has 4 nitrogen and oxygen atoms in total. The van der Waals surface area contributed by atoms with E-state index in [2.05, 4.69) is 0 Å². The lowest BCUT2D eigenvalue weighted by atomic mass is 10.2. The average molecular weight is 250 g/mol. The molecule has 0 saturated heterocycles. The summed E-state index contributed by atoms with van der Waals surface area (Å²) in [6.07, 6.45) is 0.265. The molecule has 1 amide bonds. The highest BCUT2D eigenvalue weighted by molar-refractivity contribution is 5.77. The maximum atomic E-state index is 13.6. The van der Waals surface area contributed by atoms with Crippen LogP contribution in [0.25, 0.3) is 0 Å². The van der Waals surface area contributed by atoms with Crippen molar-refractivity contribution < 1.29 is 13.9 Å². The van der Waals surface area contributed by atoms with E-state index in [-0.39, 0.29) is 24.7 Å². The van der Waals surface area contributed by atoms with Crippen molar-refractivity contribution >= 4 is 5.91 Å². The van der Waals surface area contributed by atoms with Crippen LogP contribution in [0, 0.1) is 24.1 Å². The monoisotopic (exact) mass is 250 g/mol. The minimum atomic E-state index is -0.454. The molecule has 0 aliphatic heterocycles. The lowest BCUT2D eigenvalue weighted by Crippen LogP contribution is -2.32. The number of carbonyl (C=O) groups is 1. The number of amides is 1. The smallest absolute Gasteiger partial charge is 0.260 e. The van der Waals surface area contributed by atoms with Gasteiger partial charge in [0.1, 0.15) is 0 Å². The summed E-state index contributed by atoms with van der Waals surface area (Å²) in [5, 5.41) is 8.40. The molecule has 96 valence electrons. The fourth-order valence-corrected chi connectivity index (χ4v) is 1.32. The fourth-order valence-electron chi connectivity index (χ4n) is 1.32. The van der Waals surface area contributed by atoms with Crippen LogP contribution < -0.4 is 4.74 Å². The summed E-state index contributed by atoms with van der Waals surface area (Å²) in [6, 6.07) is 6.72. The minimum absolute atomic E-state index is 0.0667. The Labute approximate surface area is 106 Å². The summed E-state index contributed by atoms with van der Waals surface area (Å²) in [6.45, 7) is 1.74. The largest absolute Gasteiger partial charge is 0.481 e. The van der Waals surface area contributed by atoms with Crippen molar-refractivity contribution in [2.45, 2.75) is 13.3 Å². The Morgan fingerprint density at radius 3 is 2.94 bits per heavy atom. The van der Waals surface area contributed by atoms with Gasteiger partial charge in [-0.15, -0.1) is 0 Å². The lowest BCUT2D eigenvalue weighted by Gasteiger charge is -2.16. The second kappa shape index (κ2) is 6.60. The number of likely N-dealkylation sites (N-methyl/N-ethyl adjacent to an activating group) is 1. The molecule has 1 rings (SSSR count). The summed E-state index contributed by atoms with van der Waals surface area (Å²) in [5.74, 6) is -0.673. The van der Waals surface area contributed by atoms with Gasteiger partial charge >= 0.3 is 0 Å². The maximum Gasteiger partial charge on any atom is 0.260 e. The van der Waals surface area contributed by atoms with Crippen molar-refractivity contribution in [1.82, 2.24) is 4.90 Å². The van der Waals surface area contributed by atoms with Gasteiger partial charge in [-0.05, 0) is 18.6 Å². The van der Waals surface area contributed by atoms with E-state index in [1.54, 1.807) is 26.1 Å². The number of aryl methyl sites for hydroxylation is 1. The number of nitrogens with zero attached hydrogens (tertiary/aromatic N) is 2. The van der Waals surface area contributed by atoms with Crippen LogP contribution in [0.15, 0.2) is 18.2 Å². The van der Waals surface area contributed by atoms with Crippen LogP contribution in [0.2, 0.25) is 0 Å². The Balaban J connectivity index is 2.53. The highest BCUT2D eigenvalue weighted by atomic mass is 19.1. The minimum Gasteiger partial charge on any atom is -0.481 e. The SMILES string of the molecule is Cc1cccc(OCC(=O)N(C)CCC#N)c1F. The molecule has 0 saturated carbocycles. The van der Waals surface area contributed by atoms with Gasteiger partial charge in [-0.3, -0.25) is 4.79 Å². The summed E-state index contributed by atoms with van der Waals surface area (Å²) >= 11 is 0. The van der Waals surface area contributed by atoms with E-state index < -0.39 is 5.82 Å². The molecule has 0 spiro atoms. The molecule has 0 unspecified atom stereocenters. The van der Waals surface area contributed by atoms with Gasteiger partial charge in [-0.1, -0.05) is 12.1 Å². The number of ether oxygens (including phenoxy) is 1. The Morgan fingerprint density at radius 1 is 1.56 bits per heavy atom. The molecule has 0 N–H and O–H groups in total. The van der Waals surface area contributed by atoms with Crippen molar-refractivity contribution in [3.8, 4) is 11.8 Å². The third-order valence-electron chi connectivity index (χ3n) is 2.49. The number of carbonyl (C=O) groups excluding carboxylic acids is 1. The lowest BCUT2D eigenvalue weighted by molar-refractivity contribution is -0.132.